The van der Waals surface area contributed by atoms with Crippen molar-refractivity contribution in [2.24, 2.45) is 5.73 Å². The van der Waals surface area contributed by atoms with Gasteiger partial charge in [-0.15, -0.1) is 5.26 Å². The van der Waals surface area contributed by atoms with Crippen molar-refractivity contribution in [2.75, 3.05) is 47.1 Å². The number of carboxylic acids is 2. The van der Waals surface area contributed by atoms with Gasteiger partial charge in [0.1, 0.15) is 52.9 Å². The van der Waals surface area contributed by atoms with E-state index in [0.29, 0.717) is 23.9 Å². The van der Waals surface area contributed by atoms with Gasteiger partial charge >= 0.3 is 35.8 Å². The van der Waals surface area contributed by atoms with E-state index in [2.05, 4.69) is 26.5 Å². The molecule has 0 fully saturated rings. The summed E-state index contributed by atoms with van der Waals surface area (Å²) in [6.07, 6.45) is 13.4. The maximum atomic E-state index is 11.7. The number of carbonyl (C=O) groups excluding carboxylic acids is 5. The number of esters is 4. The third-order valence-electron chi connectivity index (χ3n) is 8.46. The Morgan fingerprint density at radius 2 is 1.19 bits per heavy atom. The summed E-state index contributed by atoms with van der Waals surface area (Å²) < 4.78 is 23.2. The number of hydrogen-bond donors (Lipinski definition) is 9. The molecule has 0 saturated heterocycles. The van der Waals surface area contributed by atoms with Gasteiger partial charge in [-0.1, -0.05) is 84.8 Å². The first kappa shape index (κ1) is 91.2. The van der Waals surface area contributed by atoms with Crippen LogP contribution in [0.25, 0.3) is 0 Å². The summed E-state index contributed by atoms with van der Waals surface area (Å²) in [5.74, 6) is -5.13. The molecule has 2 radical (unpaired) electrons. The van der Waals surface area contributed by atoms with Crippen LogP contribution in [0.4, 0.5) is 0 Å². The molecule has 3 aromatic rings. The molecule has 0 unspecified atom stereocenters. The third kappa shape index (κ3) is 49.2. The van der Waals surface area contributed by atoms with Crippen molar-refractivity contribution in [3.05, 3.63) is 107 Å². The third-order valence-corrected chi connectivity index (χ3v) is 8.46. The number of unbranched alkanes of at least 4 members (excludes halogenated alkanes) is 1. The Hall–Kier alpha value is -4.35. The number of nitrogens with two attached hydrogens (primary N) is 1. The maximum absolute atomic E-state index is 11.7. The average molecular weight is 1600 g/mol. The smallest absolute Gasteiger partial charge is 0.341 e. The molecule has 1 amide bonds. The molecule has 434 valence electrons. The van der Waals surface area contributed by atoms with Gasteiger partial charge in [-0.05, 0) is 73.1 Å². The summed E-state index contributed by atoms with van der Waals surface area (Å²) in [6.45, 7) is 10.3. The number of nitrogens with zero attached hydrogens (tertiary/aromatic N) is 1. The maximum Gasteiger partial charge on any atom is 0.341 e. The molecule has 0 saturated carbocycles. The summed E-state index contributed by atoms with van der Waals surface area (Å²) in [5, 5.41) is 72.8. The molecule has 3 rings (SSSR count). The van der Waals surface area contributed by atoms with Crippen molar-refractivity contribution in [3.8, 4) is 29.3 Å². The molecule has 0 aliphatic heterocycles. The first-order valence-electron chi connectivity index (χ1n) is 23.3. The first-order chi connectivity index (χ1) is 35.2. The van der Waals surface area contributed by atoms with Crippen LogP contribution < -0.4 is 15.8 Å². The Balaban J connectivity index is -0.000000137. The minimum atomic E-state index is -1.28. The van der Waals surface area contributed by atoms with E-state index >= 15 is 0 Å². The van der Waals surface area contributed by atoms with Gasteiger partial charge in [0.2, 0.25) is 5.91 Å². The van der Waals surface area contributed by atoms with Crippen molar-refractivity contribution in [3.63, 3.8) is 0 Å². The number of nitrogens with one attached hydrogen (secondary N) is 1. The number of carbonyl (C=O) groups is 7. The number of aliphatic carboxylic acids is 1. The number of allylic oxidation sites excluding steroid dienone is 2. The molecule has 0 aliphatic carbocycles. The fourth-order valence-corrected chi connectivity index (χ4v) is 4.98. The van der Waals surface area contributed by atoms with E-state index in [1.807, 2.05) is 32.9 Å². The monoisotopic (exact) mass is 1600 g/mol. The van der Waals surface area contributed by atoms with Gasteiger partial charge in [0.15, 0.2) is 0 Å². The van der Waals surface area contributed by atoms with Gasteiger partial charge in [0.25, 0.3) is 13.2 Å². The number of benzene rings is 3. The topological polar surface area (TPSA) is 369 Å². The Morgan fingerprint density at radius 3 is 1.61 bits per heavy atom. The fourth-order valence-electron chi connectivity index (χ4n) is 4.98. The molecular formula is C52H76BN3O19W2Y2. The Labute approximate surface area is 543 Å². The normalized spacial score (nSPS) is 9.08. The zero-order chi connectivity index (χ0) is 56.9. The SMILES string of the molecule is C.CB(O)CCCO.CC.CC/C=C\CC(=O)NCCOC(=O)Cc1ccc(O)c(C(=O)O)c1.CCC/C=C\CC(=O)O.COC(=O)c1cc(CC(=O)OCCN)ccc1O.COC(=O)c1cc(OC#N)ccc1O.[W].[W].[Y].[Y]. The van der Waals surface area contributed by atoms with E-state index in [-0.39, 0.29) is 226 Å². The van der Waals surface area contributed by atoms with Gasteiger partial charge in [-0.2, -0.15) is 0 Å². The summed E-state index contributed by atoms with van der Waals surface area (Å²) >= 11 is 0. The number of aliphatic hydroxyl groups is 1. The van der Waals surface area contributed by atoms with Crippen molar-refractivity contribution >= 4 is 48.6 Å². The van der Waals surface area contributed by atoms with Crippen LogP contribution in [0.2, 0.25) is 13.1 Å². The second-order valence-electron chi connectivity index (χ2n) is 14.5. The number of aromatic hydroxyl groups is 3. The molecule has 0 aliphatic rings. The van der Waals surface area contributed by atoms with Crippen LogP contribution in [0.5, 0.6) is 23.0 Å². The van der Waals surface area contributed by atoms with Crippen LogP contribution >= 0.6 is 0 Å². The zero-order valence-electron chi connectivity index (χ0n) is 45.0. The second kappa shape index (κ2) is 59.8. The molecule has 3 aromatic carbocycles. The number of carboxylic acid groups (broad SMARTS) is 2. The van der Waals surface area contributed by atoms with E-state index in [4.69, 9.17) is 40.8 Å². The number of rotatable bonds is 23. The van der Waals surface area contributed by atoms with Crippen LogP contribution in [0.3, 0.4) is 0 Å². The summed E-state index contributed by atoms with van der Waals surface area (Å²) in [5.41, 5.74) is 5.88. The largest absolute Gasteiger partial charge is 0.507 e. The zero-order valence-corrected chi connectivity index (χ0v) is 56.6. The average Bonchev–Trinajstić information content (AvgIpc) is 3.38. The molecule has 0 spiro atoms. The van der Waals surface area contributed by atoms with Gasteiger partial charge in [0.05, 0.1) is 40.0 Å². The molecule has 0 bridgehead atoms. The Bertz CT molecular complexity index is 2270. The predicted molar refractivity (Wildman–Crippen MR) is 280 cm³/mol. The number of hydrogen-bond acceptors (Lipinski definition) is 19. The Morgan fingerprint density at radius 1 is 0.722 bits per heavy atom. The van der Waals surface area contributed by atoms with E-state index in [9.17, 15) is 48.9 Å². The van der Waals surface area contributed by atoms with Crippen LogP contribution in [0.1, 0.15) is 116 Å². The van der Waals surface area contributed by atoms with Crippen LogP contribution in [0.15, 0.2) is 78.9 Å². The number of phenols is 3. The van der Waals surface area contributed by atoms with E-state index in [1.54, 1.807) is 19.0 Å². The molecule has 0 atom stereocenters. The molecule has 27 heteroatoms. The molecule has 79 heavy (non-hydrogen) atoms. The van der Waals surface area contributed by atoms with Gasteiger partial charge in [0, 0.05) is 133 Å². The van der Waals surface area contributed by atoms with Gasteiger partial charge in [-0.3, -0.25) is 19.2 Å². The molecule has 0 aromatic heterocycles. The van der Waals surface area contributed by atoms with E-state index < -0.39 is 35.8 Å². The number of nitriles is 1. The van der Waals surface area contributed by atoms with Crippen LogP contribution in [-0.2, 0) is 159 Å². The van der Waals surface area contributed by atoms with Gasteiger partial charge in [-0.25, -0.2) is 14.4 Å². The number of aromatic carboxylic acids is 1. The van der Waals surface area contributed by atoms with Crippen molar-refractivity contribution in [1.82, 2.24) is 5.32 Å². The quantitative estimate of drug-likeness (QED) is 0.0124. The number of methoxy groups -OCH3 is 2. The fraction of sp³-hybridized carbons (Fsp3) is 0.423. The molecule has 0 heterocycles. The van der Waals surface area contributed by atoms with Crippen molar-refractivity contribution in [1.29, 1.82) is 5.26 Å². The predicted octanol–water partition coefficient (Wildman–Crippen LogP) is 6.36. The summed E-state index contributed by atoms with van der Waals surface area (Å²) in [7, 11) is 2.41. The van der Waals surface area contributed by atoms with Crippen LogP contribution in [-0.4, -0.2) is 131 Å². The number of ether oxygens (including phenoxy) is 5. The summed E-state index contributed by atoms with van der Waals surface area (Å²) in [6, 6.07) is 12.0. The van der Waals surface area contributed by atoms with Gasteiger partial charge < -0.3 is 70.4 Å². The first-order valence-corrected chi connectivity index (χ1v) is 23.3. The van der Waals surface area contributed by atoms with Crippen molar-refractivity contribution < 1.29 is 200 Å². The second-order valence-corrected chi connectivity index (χ2v) is 14.5. The number of amides is 1. The minimum absolute atomic E-state index is 0. The van der Waals surface area contributed by atoms with E-state index in [1.165, 1.54) is 75.1 Å². The molecule has 22 nitrogen and oxygen atoms in total. The molecule has 10 N–H and O–H groups in total. The molecular weight excluding hydrogens is 1530 g/mol. The van der Waals surface area contributed by atoms with E-state index in [0.717, 1.165) is 19.3 Å². The standard InChI is InChI=1S/C17H21NO6.C12H15NO5.C9H7NO4.C7H12O2.C4H11BO2.C2H6.CH4.2W.2Y/c1-2-3-4-5-15(20)18-8-9-24-16(21)11-12-6-7-14(19)13(10-12)17(22)23;1-17-12(16)9-6-8(2-3-10(9)14)7-11(15)18-5-4-13;1-13-9(12)7-4-6(14-5-10)2-3-8(7)11;1-2-3-4-5-6-7(8)9;1-5(7)3-2-4-6;1-2;;;;;/h3-4,6-7,10,19H,2,5,8-9,11H2,1H3,(H,18,20)(H,22,23);2-3,6,14H,4-5,7,13H2,1H3;2-4,11H,1H3;4-5H,2-3,6H2,1H3,(H,8,9);6-7H,2-4H2,1H3;1-2H3;1H4;;;;/b4-3-;;;5-4-;;;;;;;. The van der Waals surface area contributed by atoms with Crippen LogP contribution in [0, 0.1) is 11.5 Å². The number of phenolic OH excluding ortho intramolecular Hbond substituents is 2. The summed E-state index contributed by atoms with van der Waals surface area (Å²) in [4.78, 5) is 77.7. The Kier molecular flexibility index (Phi) is 69.0. The number of aliphatic hydroxyl groups excluding tert-OH is 1. The van der Waals surface area contributed by atoms with Crippen molar-refractivity contribution in [2.45, 2.75) is 99.6 Å². The minimum Gasteiger partial charge on any atom is -0.507 e.